The number of likely N-dealkylation sites (tertiary alicyclic amines) is 1. The van der Waals surface area contributed by atoms with Gasteiger partial charge in [0.15, 0.2) is 0 Å². The van der Waals surface area contributed by atoms with Crippen LogP contribution in [0, 0.1) is 10.8 Å². The smallest absolute Gasteiger partial charge is 0.229 e. The first-order chi connectivity index (χ1) is 7.34. The summed E-state index contributed by atoms with van der Waals surface area (Å²) >= 11 is 0. The van der Waals surface area contributed by atoms with Gasteiger partial charge < -0.3 is 10.6 Å². The van der Waals surface area contributed by atoms with Crippen molar-refractivity contribution in [3.63, 3.8) is 0 Å². The van der Waals surface area contributed by atoms with Crippen LogP contribution in [0.3, 0.4) is 0 Å². The van der Waals surface area contributed by atoms with E-state index < -0.39 is 0 Å². The number of carbonyl (C=O) groups is 1. The van der Waals surface area contributed by atoms with Crippen LogP contribution in [0.25, 0.3) is 0 Å². The summed E-state index contributed by atoms with van der Waals surface area (Å²) in [7, 11) is 0. The second-order valence-electron chi connectivity index (χ2n) is 6.11. The summed E-state index contributed by atoms with van der Waals surface area (Å²) in [5, 5.41) is 0. The molecule has 0 aromatic carbocycles. The molecule has 1 unspecified atom stereocenters. The van der Waals surface area contributed by atoms with Gasteiger partial charge in [0.05, 0.1) is 5.41 Å². The number of nitrogens with two attached hydrogens (primary N) is 1. The van der Waals surface area contributed by atoms with Crippen LogP contribution in [-0.2, 0) is 4.79 Å². The van der Waals surface area contributed by atoms with Crippen molar-refractivity contribution in [2.45, 2.75) is 47.0 Å². The van der Waals surface area contributed by atoms with Crippen LogP contribution in [0.4, 0.5) is 0 Å². The number of rotatable bonds is 3. The monoisotopic (exact) mass is 226 g/mol. The summed E-state index contributed by atoms with van der Waals surface area (Å²) in [4.78, 5) is 14.4. The molecule has 0 aromatic rings. The minimum absolute atomic E-state index is 0.241. The van der Waals surface area contributed by atoms with Crippen LogP contribution in [-0.4, -0.2) is 30.4 Å². The highest BCUT2D eigenvalue weighted by Gasteiger charge is 2.37. The van der Waals surface area contributed by atoms with Gasteiger partial charge in [-0.25, -0.2) is 0 Å². The molecule has 1 fully saturated rings. The molecule has 0 aliphatic carbocycles. The van der Waals surface area contributed by atoms with E-state index in [0.29, 0.717) is 6.54 Å². The minimum Gasteiger partial charge on any atom is -0.342 e. The van der Waals surface area contributed by atoms with Crippen LogP contribution in [0.1, 0.15) is 47.0 Å². The third-order valence-electron chi connectivity index (χ3n) is 3.93. The Hall–Kier alpha value is -0.570. The van der Waals surface area contributed by atoms with E-state index in [1.54, 1.807) is 0 Å². The predicted molar refractivity (Wildman–Crippen MR) is 67.0 cm³/mol. The van der Waals surface area contributed by atoms with Crippen LogP contribution >= 0.6 is 0 Å². The molecule has 3 nitrogen and oxygen atoms in total. The van der Waals surface area contributed by atoms with Crippen LogP contribution in [0.15, 0.2) is 0 Å². The number of hydrogen-bond acceptors (Lipinski definition) is 2. The summed E-state index contributed by atoms with van der Waals surface area (Å²) in [6.07, 6.45) is 3.14. The van der Waals surface area contributed by atoms with Gasteiger partial charge in [-0.05, 0) is 31.6 Å². The van der Waals surface area contributed by atoms with Gasteiger partial charge in [-0.1, -0.05) is 20.8 Å². The first-order valence-electron chi connectivity index (χ1n) is 6.34. The molecule has 0 aromatic heterocycles. The zero-order valence-corrected chi connectivity index (χ0v) is 11.2. The Labute approximate surface area is 99.4 Å². The molecule has 3 heteroatoms. The first-order valence-corrected chi connectivity index (χ1v) is 6.34. The fourth-order valence-corrected chi connectivity index (χ4v) is 2.36. The van der Waals surface area contributed by atoms with Crippen molar-refractivity contribution >= 4 is 5.91 Å². The van der Waals surface area contributed by atoms with E-state index >= 15 is 0 Å². The van der Waals surface area contributed by atoms with Crippen molar-refractivity contribution < 1.29 is 4.79 Å². The molecule has 1 heterocycles. The van der Waals surface area contributed by atoms with Crippen LogP contribution in [0.2, 0.25) is 0 Å². The van der Waals surface area contributed by atoms with Gasteiger partial charge in [-0.3, -0.25) is 4.79 Å². The minimum atomic E-state index is -0.368. The average molecular weight is 226 g/mol. The molecule has 1 rings (SSSR count). The summed E-state index contributed by atoms with van der Waals surface area (Å²) in [6.45, 7) is 10.7. The third kappa shape index (κ3) is 2.76. The van der Waals surface area contributed by atoms with Crippen LogP contribution in [0.5, 0.6) is 0 Å². The topological polar surface area (TPSA) is 46.3 Å². The van der Waals surface area contributed by atoms with Gasteiger partial charge in [0.1, 0.15) is 0 Å². The Morgan fingerprint density at radius 3 is 2.56 bits per heavy atom. The van der Waals surface area contributed by atoms with Gasteiger partial charge in [-0.15, -0.1) is 0 Å². The number of hydrogen-bond donors (Lipinski definition) is 1. The maximum atomic E-state index is 12.4. The Kier molecular flexibility index (Phi) is 4.00. The lowest BCUT2D eigenvalue weighted by atomic mass is 9.81. The standard InChI is InChI=1S/C13H26N2O/c1-5-13(4,9-14)11(16)15-8-6-7-12(2,3)10-15/h5-10,14H2,1-4H3. The lowest BCUT2D eigenvalue weighted by Gasteiger charge is -2.41. The molecule has 16 heavy (non-hydrogen) atoms. The van der Waals surface area contributed by atoms with E-state index in [0.717, 1.165) is 25.9 Å². The van der Waals surface area contributed by atoms with Crippen molar-refractivity contribution in [3.05, 3.63) is 0 Å². The Morgan fingerprint density at radius 2 is 2.12 bits per heavy atom. The predicted octanol–water partition coefficient (Wildman–Crippen LogP) is 2.01. The molecular formula is C13H26N2O. The van der Waals surface area contributed by atoms with E-state index in [1.807, 2.05) is 18.7 Å². The molecule has 94 valence electrons. The largest absolute Gasteiger partial charge is 0.342 e. The molecular weight excluding hydrogens is 200 g/mol. The maximum absolute atomic E-state index is 12.4. The third-order valence-corrected chi connectivity index (χ3v) is 3.93. The molecule has 1 atom stereocenters. The molecule has 0 saturated carbocycles. The highest BCUT2D eigenvalue weighted by Crippen LogP contribution is 2.32. The second kappa shape index (κ2) is 4.74. The van der Waals surface area contributed by atoms with Crippen molar-refractivity contribution in [3.8, 4) is 0 Å². The summed E-state index contributed by atoms with van der Waals surface area (Å²) in [5.74, 6) is 0.241. The number of carbonyl (C=O) groups excluding carboxylic acids is 1. The zero-order chi connectivity index (χ0) is 12.4. The Balaban J connectivity index is 2.74. The molecule has 0 spiro atoms. The molecule has 0 bridgehead atoms. The fourth-order valence-electron chi connectivity index (χ4n) is 2.36. The van der Waals surface area contributed by atoms with E-state index in [2.05, 4.69) is 13.8 Å². The molecule has 1 aliphatic rings. The Bertz CT molecular complexity index is 257. The number of amides is 1. The normalized spacial score (nSPS) is 23.9. The number of nitrogens with zero attached hydrogens (tertiary/aromatic N) is 1. The van der Waals surface area contributed by atoms with Crippen LogP contribution < -0.4 is 5.73 Å². The van der Waals surface area contributed by atoms with Gasteiger partial charge in [-0.2, -0.15) is 0 Å². The van der Waals surface area contributed by atoms with Crippen molar-refractivity contribution in [1.82, 2.24) is 4.90 Å². The lowest BCUT2D eigenvalue weighted by molar-refractivity contribution is -0.144. The average Bonchev–Trinajstić information content (AvgIpc) is 2.25. The highest BCUT2D eigenvalue weighted by molar-refractivity contribution is 5.82. The van der Waals surface area contributed by atoms with Gasteiger partial charge >= 0.3 is 0 Å². The highest BCUT2D eigenvalue weighted by atomic mass is 16.2. The summed E-state index contributed by atoms with van der Waals surface area (Å²) < 4.78 is 0. The molecule has 1 saturated heterocycles. The quantitative estimate of drug-likeness (QED) is 0.800. The zero-order valence-electron chi connectivity index (χ0n) is 11.2. The summed E-state index contributed by atoms with van der Waals surface area (Å²) in [5.41, 5.74) is 5.64. The van der Waals surface area contributed by atoms with Gasteiger partial charge in [0.2, 0.25) is 5.91 Å². The number of piperidine rings is 1. The van der Waals surface area contributed by atoms with Crippen molar-refractivity contribution in [2.24, 2.45) is 16.6 Å². The maximum Gasteiger partial charge on any atom is 0.229 e. The molecule has 1 amide bonds. The first kappa shape index (κ1) is 13.5. The molecule has 1 aliphatic heterocycles. The molecule has 2 N–H and O–H groups in total. The van der Waals surface area contributed by atoms with E-state index in [-0.39, 0.29) is 16.7 Å². The summed E-state index contributed by atoms with van der Waals surface area (Å²) in [6, 6.07) is 0. The Morgan fingerprint density at radius 1 is 1.50 bits per heavy atom. The SMILES string of the molecule is CCC(C)(CN)C(=O)N1CCCC(C)(C)C1. The van der Waals surface area contributed by atoms with E-state index in [4.69, 9.17) is 5.73 Å². The van der Waals surface area contributed by atoms with Crippen molar-refractivity contribution in [1.29, 1.82) is 0 Å². The van der Waals surface area contributed by atoms with E-state index in [1.165, 1.54) is 6.42 Å². The lowest BCUT2D eigenvalue weighted by Crippen LogP contribution is -2.51. The fraction of sp³-hybridized carbons (Fsp3) is 0.923. The van der Waals surface area contributed by atoms with E-state index in [9.17, 15) is 4.79 Å². The van der Waals surface area contributed by atoms with Gasteiger partial charge in [0.25, 0.3) is 0 Å². The second-order valence-corrected chi connectivity index (χ2v) is 6.11. The molecule has 0 radical (unpaired) electrons. The van der Waals surface area contributed by atoms with Crippen molar-refractivity contribution in [2.75, 3.05) is 19.6 Å². The van der Waals surface area contributed by atoms with Gasteiger partial charge in [0, 0.05) is 19.6 Å².